The molecule has 0 N–H and O–H groups in total. The van der Waals surface area contributed by atoms with Crippen molar-refractivity contribution in [1.82, 2.24) is 4.98 Å². The zero-order valence-electron chi connectivity index (χ0n) is 21.1. The van der Waals surface area contributed by atoms with Gasteiger partial charge < -0.3 is 14.2 Å². The topological polar surface area (TPSA) is 74.7 Å². The van der Waals surface area contributed by atoms with Crippen molar-refractivity contribution >= 4 is 23.1 Å². The molecule has 0 bridgehead atoms. The number of aromatic nitrogens is 1. The van der Waals surface area contributed by atoms with Crippen LogP contribution in [0.5, 0.6) is 11.5 Å². The lowest BCUT2D eigenvalue weighted by atomic mass is 10.0. The van der Waals surface area contributed by atoms with E-state index in [2.05, 4.69) is 13.8 Å². The first kappa shape index (κ1) is 26.4. The molecule has 3 aromatic rings. The second-order valence-corrected chi connectivity index (χ2v) is 9.60. The molecule has 7 heteroatoms. The normalized spacial score (nSPS) is 10.9. The monoisotopic (exact) mass is 495 g/mol. The maximum atomic E-state index is 13.0. The molecule has 1 heterocycles. The van der Waals surface area contributed by atoms with Gasteiger partial charge in [0.1, 0.15) is 16.5 Å². The van der Waals surface area contributed by atoms with Gasteiger partial charge in [0.25, 0.3) is 0 Å². The Morgan fingerprint density at radius 2 is 1.80 bits per heavy atom. The quantitative estimate of drug-likeness (QED) is 0.214. The van der Waals surface area contributed by atoms with E-state index in [1.165, 1.54) is 0 Å². The molecule has 0 aliphatic carbocycles. The zero-order valence-corrected chi connectivity index (χ0v) is 21.9. The molecule has 1 aromatic heterocycles. The van der Waals surface area contributed by atoms with E-state index in [-0.39, 0.29) is 30.7 Å². The molecule has 0 spiro atoms. The molecular formula is C28H33NO5S. The first-order chi connectivity index (χ1) is 16.8. The summed E-state index contributed by atoms with van der Waals surface area (Å²) in [6, 6.07) is 13.3. The van der Waals surface area contributed by atoms with Crippen molar-refractivity contribution in [3.8, 4) is 22.1 Å². The SMILES string of the molecule is CCOC(=O)CCOc1ccc(C(=O)CCc2sc(-c3ccc(OC)cc3)nc2C(C)C)cc1C. The van der Waals surface area contributed by atoms with Crippen LogP contribution in [0.2, 0.25) is 0 Å². The summed E-state index contributed by atoms with van der Waals surface area (Å²) in [6.07, 6.45) is 1.25. The average Bonchev–Trinajstić information content (AvgIpc) is 3.28. The van der Waals surface area contributed by atoms with Gasteiger partial charge in [-0.15, -0.1) is 11.3 Å². The van der Waals surface area contributed by atoms with E-state index in [0.717, 1.165) is 32.5 Å². The number of benzene rings is 2. The molecule has 0 aliphatic rings. The summed E-state index contributed by atoms with van der Waals surface area (Å²) in [6.45, 7) is 8.53. The Hall–Kier alpha value is -3.19. The summed E-state index contributed by atoms with van der Waals surface area (Å²) in [5.74, 6) is 1.55. The number of carbonyl (C=O) groups is 2. The zero-order chi connectivity index (χ0) is 25.4. The number of carbonyl (C=O) groups excluding carboxylic acids is 2. The van der Waals surface area contributed by atoms with Crippen LogP contribution in [0.15, 0.2) is 42.5 Å². The number of Topliss-reactive ketones (excluding diaryl/α,β-unsaturated/α-hetero) is 1. The van der Waals surface area contributed by atoms with Crippen LogP contribution in [0.25, 0.3) is 10.6 Å². The minimum absolute atomic E-state index is 0.0836. The molecular weight excluding hydrogens is 462 g/mol. The molecule has 0 atom stereocenters. The lowest BCUT2D eigenvalue weighted by molar-refractivity contribution is -0.143. The molecule has 0 saturated carbocycles. The van der Waals surface area contributed by atoms with Gasteiger partial charge in [-0.05, 0) is 74.2 Å². The summed E-state index contributed by atoms with van der Waals surface area (Å²) in [7, 11) is 1.65. The van der Waals surface area contributed by atoms with Crippen molar-refractivity contribution in [3.63, 3.8) is 0 Å². The van der Waals surface area contributed by atoms with E-state index in [0.29, 0.717) is 30.8 Å². The minimum Gasteiger partial charge on any atom is -0.497 e. The van der Waals surface area contributed by atoms with Gasteiger partial charge in [-0.25, -0.2) is 4.98 Å². The van der Waals surface area contributed by atoms with Crippen molar-refractivity contribution in [2.45, 2.75) is 52.9 Å². The first-order valence-electron chi connectivity index (χ1n) is 11.9. The second kappa shape index (κ2) is 12.5. The Balaban J connectivity index is 1.64. The number of ketones is 1. The number of methoxy groups -OCH3 is 1. The minimum atomic E-state index is -0.282. The third-order valence-corrected chi connectivity index (χ3v) is 6.74. The maximum Gasteiger partial charge on any atom is 0.309 e. The van der Waals surface area contributed by atoms with Gasteiger partial charge in [0.2, 0.25) is 0 Å². The van der Waals surface area contributed by atoms with Gasteiger partial charge in [0.15, 0.2) is 5.78 Å². The van der Waals surface area contributed by atoms with Crippen molar-refractivity contribution in [3.05, 3.63) is 64.2 Å². The fourth-order valence-electron chi connectivity index (χ4n) is 3.68. The third kappa shape index (κ3) is 7.15. The Morgan fingerprint density at radius 1 is 1.06 bits per heavy atom. The van der Waals surface area contributed by atoms with Crippen LogP contribution in [0, 0.1) is 6.92 Å². The standard InChI is InChI=1S/C28H33NO5S/c1-6-33-26(31)15-16-34-24-13-9-21(17-19(24)4)23(30)12-14-25-27(18(2)3)29-28(35-25)20-7-10-22(32-5)11-8-20/h7-11,13,17-18H,6,12,14-16H2,1-5H3. The largest absolute Gasteiger partial charge is 0.497 e. The molecule has 35 heavy (non-hydrogen) atoms. The van der Waals surface area contributed by atoms with E-state index < -0.39 is 0 Å². The van der Waals surface area contributed by atoms with Crippen LogP contribution in [0.1, 0.15) is 66.0 Å². The number of hydrogen-bond donors (Lipinski definition) is 0. The van der Waals surface area contributed by atoms with Gasteiger partial charge >= 0.3 is 5.97 Å². The summed E-state index contributed by atoms with van der Waals surface area (Å²) in [5.41, 5.74) is 3.62. The number of aryl methyl sites for hydroxylation is 2. The molecule has 0 fully saturated rings. The van der Waals surface area contributed by atoms with Gasteiger partial charge in [-0.2, -0.15) is 0 Å². The van der Waals surface area contributed by atoms with Crippen molar-refractivity contribution in [1.29, 1.82) is 0 Å². The number of ether oxygens (including phenoxy) is 3. The Bertz CT molecular complexity index is 1150. The molecule has 6 nitrogen and oxygen atoms in total. The number of rotatable bonds is 12. The maximum absolute atomic E-state index is 13.0. The van der Waals surface area contributed by atoms with Crippen LogP contribution in [0.4, 0.5) is 0 Å². The van der Waals surface area contributed by atoms with Crippen molar-refractivity contribution in [2.24, 2.45) is 0 Å². The van der Waals surface area contributed by atoms with Gasteiger partial charge in [-0.3, -0.25) is 9.59 Å². The van der Waals surface area contributed by atoms with E-state index in [1.807, 2.05) is 37.3 Å². The molecule has 2 aromatic carbocycles. The smallest absolute Gasteiger partial charge is 0.309 e. The summed E-state index contributed by atoms with van der Waals surface area (Å²) in [4.78, 5) is 30.5. The van der Waals surface area contributed by atoms with Crippen LogP contribution in [-0.4, -0.2) is 37.1 Å². The Kier molecular flexibility index (Phi) is 9.43. The summed E-state index contributed by atoms with van der Waals surface area (Å²) >= 11 is 1.65. The highest BCUT2D eigenvalue weighted by atomic mass is 32.1. The number of hydrogen-bond acceptors (Lipinski definition) is 7. The Morgan fingerprint density at radius 3 is 2.43 bits per heavy atom. The highest BCUT2D eigenvalue weighted by Crippen LogP contribution is 2.33. The molecule has 3 rings (SSSR count). The predicted molar refractivity (Wildman–Crippen MR) is 139 cm³/mol. The highest BCUT2D eigenvalue weighted by Gasteiger charge is 2.17. The average molecular weight is 496 g/mol. The van der Waals surface area contributed by atoms with E-state index in [4.69, 9.17) is 19.2 Å². The lowest BCUT2D eigenvalue weighted by Crippen LogP contribution is -2.10. The fraction of sp³-hybridized carbons (Fsp3) is 0.393. The van der Waals surface area contributed by atoms with Crippen LogP contribution < -0.4 is 9.47 Å². The summed E-state index contributed by atoms with van der Waals surface area (Å²) in [5, 5.41) is 0.957. The molecule has 0 amide bonds. The molecule has 186 valence electrons. The van der Waals surface area contributed by atoms with Gasteiger partial charge in [-0.1, -0.05) is 13.8 Å². The van der Waals surface area contributed by atoms with Gasteiger partial charge in [0, 0.05) is 22.4 Å². The first-order valence-corrected chi connectivity index (χ1v) is 12.7. The number of nitrogens with zero attached hydrogens (tertiary/aromatic N) is 1. The molecule has 0 radical (unpaired) electrons. The second-order valence-electron chi connectivity index (χ2n) is 8.52. The van der Waals surface area contributed by atoms with Crippen molar-refractivity contribution in [2.75, 3.05) is 20.3 Å². The van der Waals surface area contributed by atoms with Gasteiger partial charge in [0.05, 0.1) is 32.4 Å². The fourth-order valence-corrected chi connectivity index (χ4v) is 4.91. The third-order valence-electron chi connectivity index (χ3n) is 5.56. The van der Waals surface area contributed by atoms with Crippen molar-refractivity contribution < 1.29 is 23.8 Å². The predicted octanol–water partition coefficient (Wildman–Crippen LogP) is 6.40. The molecule has 0 aliphatic heterocycles. The van der Waals surface area contributed by atoms with Crippen LogP contribution in [-0.2, 0) is 16.0 Å². The summed E-state index contributed by atoms with van der Waals surface area (Å²) < 4.78 is 15.9. The highest BCUT2D eigenvalue weighted by molar-refractivity contribution is 7.15. The number of thiazole rings is 1. The van der Waals surface area contributed by atoms with Crippen LogP contribution in [0.3, 0.4) is 0 Å². The van der Waals surface area contributed by atoms with Crippen LogP contribution >= 0.6 is 11.3 Å². The number of esters is 1. The lowest BCUT2D eigenvalue weighted by Gasteiger charge is -2.10. The molecule has 0 saturated heterocycles. The molecule has 0 unspecified atom stereocenters. The Labute approximate surface area is 211 Å². The van der Waals surface area contributed by atoms with E-state index in [1.54, 1.807) is 37.5 Å². The van der Waals surface area contributed by atoms with E-state index >= 15 is 0 Å². The van der Waals surface area contributed by atoms with E-state index in [9.17, 15) is 9.59 Å².